The molecule has 0 saturated heterocycles. The lowest BCUT2D eigenvalue weighted by atomic mass is 9.81. The molecule has 4 nitrogen and oxygen atoms in total. The highest BCUT2D eigenvalue weighted by atomic mass is 16.3. The molecule has 0 saturated carbocycles. The Balaban J connectivity index is 2.17. The zero-order chi connectivity index (χ0) is 21.6. The minimum absolute atomic E-state index is 0.00875. The van der Waals surface area contributed by atoms with Crippen LogP contribution in [0.3, 0.4) is 0 Å². The number of hydrogen-bond acceptors (Lipinski definition) is 3. The van der Waals surface area contributed by atoms with E-state index in [1.54, 1.807) is 20.8 Å². The zero-order valence-electron chi connectivity index (χ0n) is 18.0. The first-order chi connectivity index (χ1) is 13.4. The summed E-state index contributed by atoms with van der Waals surface area (Å²) in [5.74, 6) is -1.24. The fourth-order valence-electron chi connectivity index (χ4n) is 3.58. The van der Waals surface area contributed by atoms with Gasteiger partial charge in [-0.25, -0.2) is 0 Å². The lowest BCUT2D eigenvalue weighted by Crippen LogP contribution is -2.32. The zero-order valence-corrected chi connectivity index (χ0v) is 18.0. The molecular formula is C25H29NO3. The number of anilines is 1. The Hall–Kier alpha value is -2.88. The van der Waals surface area contributed by atoms with Gasteiger partial charge in [-0.05, 0) is 28.7 Å². The van der Waals surface area contributed by atoms with Crippen molar-refractivity contribution in [1.29, 1.82) is 0 Å². The molecule has 1 amide bonds. The fourth-order valence-corrected chi connectivity index (χ4v) is 3.58. The van der Waals surface area contributed by atoms with E-state index >= 15 is 0 Å². The van der Waals surface area contributed by atoms with Gasteiger partial charge < -0.3 is 5.11 Å². The van der Waals surface area contributed by atoms with Crippen molar-refractivity contribution in [3.8, 4) is 0 Å². The van der Waals surface area contributed by atoms with Gasteiger partial charge in [0.05, 0.1) is 11.6 Å². The average molecular weight is 392 g/mol. The number of ketones is 1. The number of aliphatic hydroxyl groups excluding tert-OH is 1. The predicted molar refractivity (Wildman–Crippen MR) is 116 cm³/mol. The van der Waals surface area contributed by atoms with Crippen LogP contribution in [0.25, 0.3) is 0 Å². The summed E-state index contributed by atoms with van der Waals surface area (Å²) in [6, 6.07) is 16.4. The number of carbonyl (C=O) groups excluding carboxylic acids is 2. The fraction of sp³-hybridized carbons (Fsp3) is 0.360. The first-order valence-electron chi connectivity index (χ1n) is 9.90. The second-order valence-electron chi connectivity index (χ2n) is 9.63. The van der Waals surface area contributed by atoms with Crippen LogP contribution in [0.15, 0.2) is 65.9 Å². The van der Waals surface area contributed by atoms with E-state index in [2.05, 4.69) is 20.8 Å². The Morgan fingerprint density at radius 3 is 1.93 bits per heavy atom. The van der Waals surface area contributed by atoms with E-state index in [1.807, 2.05) is 54.6 Å². The van der Waals surface area contributed by atoms with Gasteiger partial charge in [-0.15, -0.1) is 0 Å². The van der Waals surface area contributed by atoms with E-state index in [4.69, 9.17) is 0 Å². The van der Waals surface area contributed by atoms with Gasteiger partial charge in [-0.3, -0.25) is 14.5 Å². The molecule has 0 bridgehead atoms. The van der Waals surface area contributed by atoms with E-state index < -0.39 is 23.1 Å². The van der Waals surface area contributed by atoms with Crippen molar-refractivity contribution >= 4 is 17.4 Å². The number of benzene rings is 2. The molecule has 1 aliphatic rings. The van der Waals surface area contributed by atoms with Gasteiger partial charge in [0.25, 0.3) is 5.91 Å². The summed E-state index contributed by atoms with van der Waals surface area (Å²) in [5.41, 5.74) is 2.03. The molecule has 3 rings (SSSR count). The van der Waals surface area contributed by atoms with E-state index in [0.29, 0.717) is 5.69 Å². The van der Waals surface area contributed by atoms with Crippen molar-refractivity contribution in [1.82, 2.24) is 0 Å². The van der Waals surface area contributed by atoms with Crippen molar-refractivity contribution in [2.75, 3.05) is 4.90 Å². The quantitative estimate of drug-likeness (QED) is 0.752. The van der Waals surface area contributed by atoms with E-state index in [1.165, 1.54) is 4.90 Å². The number of para-hydroxylation sites is 1. The molecule has 0 aromatic heterocycles. The molecule has 2 aromatic carbocycles. The molecular weight excluding hydrogens is 362 g/mol. The van der Waals surface area contributed by atoms with Crippen molar-refractivity contribution in [3.05, 3.63) is 77.1 Å². The summed E-state index contributed by atoms with van der Waals surface area (Å²) in [7, 11) is 0. The van der Waals surface area contributed by atoms with Gasteiger partial charge >= 0.3 is 0 Å². The molecule has 0 fully saturated rings. The third kappa shape index (κ3) is 3.84. The second-order valence-corrected chi connectivity index (χ2v) is 9.63. The molecule has 4 heteroatoms. The van der Waals surface area contributed by atoms with Crippen molar-refractivity contribution < 1.29 is 14.7 Å². The maximum atomic E-state index is 13.2. The monoisotopic (exact) mass is 391 g/mol. The van der Waals surface area contributed by atoms with Crippen LogP contribution in [0.5, 0.6) is 0 Å². The smallest absolute Gasteiger partial charge is 0.294 e. The standard InChI is InChI=1S/C25H29NO3/c1-24(2,3)17-14-12-16(13-15-17)20-19(22(28)25(4,5)6)21(27)23(29)26(20)18-10-8-7-9-11-18/h7-15,20,27H,1-6H3. The lowest BCUT2D eigenvalue weighted by molar-refractivity contribution is -0.123. The minimum Gasteiger partial charge on any atom is -0.503 e. The molecule has 0 aliphatic carbocycles. The topological polar surface area (TPSA) is 57.6 Å². The molecule has 1 atom stereocenters. The number of hydrogen-bond donors (Lipinski definition) is 1. The molecule has 1 aliphatic heterocycles. The minimum atomic E-state index is -0.722. The number of aliphatic hydroxyl groups is 1. The maximum Gasteiger partial charge on any atom is 0.294 e. The van der Waals surface area contributed by atoms with Crippen LogP contribution in [-0.4, -0.2) is 16.8 Å². The van der Waals surface area contributed by atoms with E-state index in [0.717, 1.165) is 11.1 Å². The van der Waals surface area contributed by atoms with Crippen molar-refractivity contribution in [2.45, 2.75) is 53.0 Å². The van der Waals surface area contributed by atoms with Crippen LogP contribution in [0.2, 0.25) is 0 Å². The molecule has 1 N–H and O–H groups in total. The van der Waals surface area contributed by atoms with Gasteiger partial charge in [0.2, 0.25) is 0 Å². The Kier molecular flexibility index (Phi) is 5.16. The van der Waals surface area contributed by atoms with Gasteiger partial charge in [0, 0.05) is 11.1 Å². The number of nitrogens with zero attached hydrogens (tertiary/aromatic N) is 1. The van der Waals surface area contributed by atoms with Gasteiger partial charge in [0.1, 0.15) is 0 Å². The highest BCUT2D eigenvalue weighted by Crippen LogP contribution is 2.43. The molecule has 1 unspecified atom stereocenters. The first kappa shape index (κ1) is 20.8. The third-order valence-corrected chi connectivity index (χ3v) is 5.26. The Bertz CT molecular complexity index is 958. The largest absolute Gasteiger partial charge is 0.503 e. The number of amides is 1. The summed E-state index contributed by atoms with van der Waals surface area (Å²) >= 11 is 0. The summed E-state index contributed by atoms with van der Waals surface area (Å²) in [5, 5.41) is 10.7. The molecule has 1 heterocycles. The van der Waals surface area contributed by atoms with Gasteiger partial charge in [-0.2, -0.15) is 0 Å². The number of carbonyl (C=O) groups is 2. The van der Waals surface area contributed by atoms with Gasteiger partial charge in [-0.1, -0.05) is 84.0 Å². The van der Waals surface area contributed by atoms with Crippen LogP contribution < -0.4 is 4.90 Å². The van der Waals surface area contributed by atoms with Crippen molar-refractivity contribution in [2.24, 2.45) is 5.41 Å². The lowest BCUT2D eigenvalue weighted by Gasteiger charge is -2.29. The predicted octanol–water partition coefficient (Wildman–Crippen LogP) is 5.50. The van der Waals surface area contributed by atoms with Crippen LogP contribution in [0.4, 0.5) is 5.69 Å². The highest BCUT2D eigenvalue weighted by Gasteiger charge is 2.46. The summed E-state index contributed by atoms with van der Waals surface area (Å²) in [6.45, 7) is 11.8. The molecule has 152 valence electrons. The highest BCUT2D eigenvalue weighted by molar-refractivity contribution is 6.17. The summed E-state index contributed by atoms with van der Waals surface area (Å²) < 4.78 is 0. The number of rotatable bonds is 3. The molecule has 0 radical (unpaired) electrons. The van der Waals surface area contributed by atoms with Crippen molar-refractivity contribution in [3.63, 3.8) is 0 Å². The normalized spacial score (nSPS) is 17.8. The Morgan fingerprint density at radius 1 is 0.897 bits per heavy atom. The number of Topliss-reactive ketones (excluding diaryl/α,β-unsaturated/α-hetero) is 1. The van der Waals surface area contributed by atoms with Crippen LogP contribution in [0, 0.1) is 5.41 Å². The second kappa shape index (κ2) is 7.18. The Morgan fingerprint density at radius 2 is 1.45 bits per heavy atom. The van der Waals surface area contributed by atoms with E-state index in [-0.39, 0.29) is 16.8 Å². The first-order valence-corrected chi connectivity index (χ1v) is 9.90. The van der Waals surface area contributed by atoms with Crippen LogP contribution in [-0.2, 0) is 15.0 Å². The Labute approximate surface area is 172 Å². The van der Waals surface area contributed by atoms with Crippen LogP contribution in [0.1, 0.15) is 58.7 Å². The summed E-state index contributed by atoms with van der Waals surface area (Å²) in [6.07, 6.45) is 0. The third-order valence-electron chi connectivity index (χ3n) is 5.26. The van der Waals surface area contributed by atoms with Crippen LogP contribution >= 0.6 is 0 Å². The van der Waals surface area contributed by atoms with Gasteiger partial charge in [0.15, 0.2) is 11.5 Å². The average Bonchev–Trinajstić information content (AvgIpc) is 2.91. The molecule has 2 aromatic rings. The maximum absolute atomic E-state index is 13.2. The molecule has 29 heavy (non-hydrogen) atoms. The SMILES string of the molecule is CC(C)(C)C(=O)C1=C(O)C(=O)N(c2ccccc2)C1c1ccc(C(C)(C)C)cc1. The summed E-state index contributed by atoms with van der Waals surface area (Å²) in [4.78, 5) is 27.8. The molecule has 0 spiro atoms. The van der Waals surface area contributed by atoms with E-state index in [9.17, 15) is 14.7 Å².